The Labute approximate surface area is 151 Å². The molecule has 3 rings (SSSR count). The van der Waals surface area contributed by atoms with E-state index in [-0.39, 0.29) is 24.0 Å². The molecule has 0 saturated heterocycles. The SMILES string of the molecule is Bc1ccc2c(=O)n(CC(=O)Nc3ncc(C)cn3)nc(C(C)C)c2c1. The third kappa shape index (κ3) is 3.64. The van der Waals surface area contributed by atoms with Crippen molar-refractivity contribution in [3.63, 3.8) is 0 Å². The second kappa shape index (κ2) is 7.07. The lowest BCUT2D eigenvalue weighted by atomic mass is 9.92. The third-order valence-corrected chi connectivity index (χ3v) is 4.02. The molecule has 0 unspecified atom stereocenters. The lowest BCUT2D eigenvalue weighted by Crippen LogP contribution is -2.31. The van der Waals surface area contributed by atoms with Crippen LogP contribution in [-0.2, 0) is 11.3 Å². The van der Waals surface area contributed by atoms with Crippen molar-refractivity contribution < 1.29 is 4.79 Å². The van der Waals surface area contributed by atoms with Gasteiger partial charge in [0, 0.05) is 17.8 Å². The van der Waals surface area contributed by atoms with Gasteiger partial charge >= 0.3 is 0 Å². The summed E-state index contributed by atoms with van der Waals surface area (Å²) in [5.41, 5.74) is 2.46. The van der Waals surface area contributed by atoms with Crippen LogP contribution in [0, 0.1) is 6.92 Å². The first-order chi connectivity index (χ1) is 12.3. The molecule has 8 heteroatoms. The minimum absolute atomic E-state index is 0.120. The van der Waals surface area contributed by atoms with Gasteiger partial charge in [-0.25, -0.2) is 14.6 Å². The summed E-state index contributed by atoms with van der Waals surface area (Å²) in [5.74, 6) is -0.0755. The predicted octanol–water partition coefficient (Wildman–Crippen LogP) is 0.515. The molecule has 0 atom stereocenters. The Hall–Kier alpha value is -3.03. The van der Waals surface area contributed by atoms with Gasteiger partial charge in [0.25, 0.3) is 5.56 Å². The zero-order chi connectivity index (χ0) is 18.8. The van der Waals surface area contributed by atoms with Crippen LogP contribution in [-0.4, -0.2) is 33.5 Å². The highest BCUT2D eigenvalue weighted by molar-refractivity contribution is 6.33. The number of rotatable bonds is 4. The van der Waals surface area contributed by atoms with E-state index in [9.17, 15) is 9.59 Å². The molecule has 132 valence electrons. The zero-order valence-corrected chi connectivity index (χ0v) is 15.3. The van der Waals surface area contributed by atoms with E-state index in [1.807, 2.05) is 40.8 Å². The van der Waals surface area contributed by atoms with Crippen molar-refractivity contribution in [2.24, 2.45) is 0 Å². The first kappa shape index (κ1) is 17.8. The average molecular weight is 349 g/mol. The van der Waals surface area contributed by atoms with Crippen LogP contribution < -0.4 is 16.3 Å². The number of carbonyl (C=O) groups excluding carboxylic acids is 1. The fraction of sp³-hybridized carbons (Fsp3) is 0.278. The lowest BCUT2D eigenvalue weighted by molar-refractivity contribution is -0.117. The molecule has 2 aromatic heterocycles. The van der Waals surface area contributed by atoms with Crippen LogP contribution in [0.1, 0.15) is 31.0 Å². The quantitative estimate of drug-likeness (QED) is 0.694. The van der Waals surface area contributed by atoms with Crippen LogP contribution in [0.3, 0.4) is 0 Å². The topological polar surface area (TPSA) is 89.8 Å². The second-order valence-electron chi connectivity index (χ2n) is 6.68. The molecule has 0 spiro atoms. The maximum absolute atomic E-state index is 12.7. The molecule has 0 saturated carbocycles. The number of hydrogen-bond donors (Lipinski definition) is 1. The zero-order valence-electron chi connectivity index (χ0n) is 15.3. The maximum Gasteiger partial charge on any atom is 0.275 e. The highest BCUT2D eigenvalue weighted by atomic mass is 16.2. The molecular weight excluding hydrogens is 329 g/mol. The summed E-state index contributed by atoms with van der Waals surface area (Å²) < 4.78 is 1.20. The van der Waals surface area contributed by atoms with Crippen LogP contribution in [0.25, 0.3) is 10.8 Å². The molecule has 0 radical (unpaired) electrons. The van der Waals surface area contributed by atoms with Gasteiger partial charge in [0.1, 0.15) is 14.4 Å². The summed E-state index contributed by atoms with van der Waals surface area (Å²) in [4.78, 5) is 33.1. The fourth-order valence-corrected chi connectivity index (χ4v) is 2.72. The van der Waals surface area contributed by atoms with Crippen LogP contribution in [0.4, 0.5) is 5.95 Å². The predicted molar refractivity (Wildman–Crippen MR) is 104 cm³/mol. The van der Waals surface area contributed by atoms with Gasteiger partial charge in [0.15, 0.2) is 0 Å². The molecule has 0 aliphatic carbocycles. The summed E-state index contributed by atoms with van der Waals surface area (Å²) in [6.45, 7) is 5.69. The van der Waals surface area contributed by atoms with E-state index in [2.05, 4.69) is 20.4 Å². The number of hydrogen-bond acceptors (Lipinski definition) is 5. The molecule has 0 aliphatic rings. The summed E-state index contributed by atoms with van der Waals surface area (Å²) in [6, 6.07) is 5.64. The van der Waals surface area contributed by atoms with Crippen molar-refractivity contribution in [2.75, 3.05) is 5.32 Å². The Morgan fingerprint density at radius 3 is 2.58 bits per heavy atom. The molecule has 1 aromatic carbocycles. The molecule has 1 amide bonds. The monoisotopic (exact) mass is 349 g/mol. The van der Waals surface area contributed by atoms with Gasteiger partial charge in [-0.2, -0.15) is 5.10 Å². The molecule has 26 heavy (non-hydrogen) atoms. The van der Waals surface area contributed by atoms with Gasteiger partial charge in [-0.1, -0.05) is 31.4 Å². The first-order valence-corrected chi connectivity index (χ1v) is 8.45. The van der Waals surface area contributed by atoms with E-state index in [0.717, 1.165) is 22.1 Å². The third-order valence-electron chi connectivity index (χ3n) is 4.02. The van der Waals surface area contributed by atoms with Crippen molar-refractivity contribution in [2.45, 2.75) is 33.2 Å². The van der Waals surface area contributed by atoms with Crippen molar-refractivity contribution in [3.8, 4) is 0 Å². The Bertz CT molecular complexity index is 1030. The van der Waals surface area contributed by atoms with E-state index < -0.39 is 5.91 Å². The highest BCUT2D eigenvalue weighted by Gasteiger charge is 2.15. The Morgan fingerprint density at radius 1 is 1.23 bits per heavy atom. The average Bonchev–Trinajstić information content (AvgIpc) is 2.59. The number of amides is 1. The molecular formula is C18H20BN5O2. The minimum atomic E-state index is -0.398. The van der Waals surface area contributed by atoms with E-state index in [1.54, 1.807) is 18.5 Å². The molecule has 0 fully saturated rings. The van der Waals surface area contributed by atoms with Gasteiger partial charge in [-0.05, 0) is 24.5 Å². The number of nitrogens with zero attached hydrogens (tertiary/aromatic N) is 4. The van der Waals surface area contributed by atoms with Gasteiger partial charge in [-0.15, -0.1) is 0 Å². The summed E-state index contributed by atoms with van der Waals surface area (Å²) in [5, 5.41) is 8.43. The van der Waals surface area contributed by atoms with Gasteiger partial charge in [0.2, 0.25) is 11.9 Å². The second-order valence-corrected chi connectivity index (χ2v) is 6.68. The van der Waals surface area contributed by atoms with Gasteiger partial charge in [-0.3, -0.25) is 14.9 Å². The molecule has 0 aliphatic heterocycles. The number of nitrogens with one attached hydrogen (secondary N) is 1. The Morgan fingerprint density at radius 2 is 1.92 bits per heavy atom. The minimum Gasteiger partial charge on any atom is -0.293 e. The van der Waals surface area contributed by atoms with Crippen LogP contribution in [0.5, 0.6) is 0 Å². The van der Waals surface area contributed by atoms with Crippen molar-refractivity contribution in [3.05, 3.63) is 52.2 Å². The number of aromatic nitrogens is 4. The van der Waals surface area contributed by atoms with Crippen LogP contribution in [0.15, 0.2) is 35.4 Å². The molecule has 1 N–H and O–H groups in total. The van der Waals surface area contributed by atoms with Crippen LogP contribution >= 0.6 is 0 Å². The number of anilines is 1. The summed E-state index contributed by atoms with van der Waals surface area (Å²) >= 11 is 0. The standard InChI is InChI=1S/C18H20BN5O2/c1-10(2)16-14-6-12(19)4-5-13(14)17(26)24(23-16)9-15(25)22-18-20-7-11(3)8-21-18/h4-8,10H,9,19H2,1-3H3,(H,20,21,22,25). The van der Waals surface area contributed by atoms with E-state index in [1.165, 1.54) is 4.68 Å². The normalized spacial score (nSPS) is 11.1. The van der Waals surface area contributed by atoms with E-state index in [0.29, 0.717) is 5.39 Å². The number of carbonyl (C=O) groups is 1. The van der Waals surface area contributed by atoms with Crippen molar-refractivity contribution in [1.82, 2.24) is 19.7 Å². The van der Waals surface area contributed by atoms with Crippen molar-refractivity contribution >= 4 is 35.9 Å². The van der Waals surface area contributed by atoms with Gasteiger partial charge < -0.3 is 0 Å². The number of aryl methyl sites for hydroxylation is 1. The molecule has 0 bridgehead atoms. The lowest BCUT2D eigenvalue weighted by Gasteiger charge is -2.13. The van der Waals surface area contributed by atoms with Gasteiger partial charge in [0.05, 0.1) is 11.1 Å². The van der Waals surface area contributed by atoms with E-state index >= 15 is 0 Å². The highest BCUT2D eigenvalue weighted by Crippen LogP contribution is 2.19. The summed E-state index contributed by atoms with van der Waals surface area (Å²) in [7, 11) is 1.98. The maximum atomic E-state index is 12.7. The Balaban J connectivity index is 1.95. The first-order valence-electron chi connectivity index (χ1n) is 8.45. The Kier molecular flexibility index (Phi) is 4.84. The molecule has 7 nitrogen and oxygen atoms in total. The number of fused-ring (bicyclic) bond motifs is 1. The van der Waals surface area contributed by atoms with Crippen LogP contribution in [0.2, 0.25) is 0 Å². The molecule has 3 aromatic rings. The number of benzene rings is 1. The van der Waals surface area contributed by atoms with E-state index in [4.69, 9.17) is 0 Å². The fourth-order valence-electron chi connectivity index (χ4n) is 2.72. The molecule has 2 heterocycles. The largest absolute Gasteiger partial charge is 0.293 e. The summed E-state index contributed by atoms with van der Waals surface area (Å²) in [6.07, 6.45) is 3.23. The smallest absolute Gasteiger partial charge is 0.275 e. The van der Waals surface area contributed by atoms with Crippen molar-refractivity contribution in [1.29, 1.82) is 0 Å².